The van der Waals surface area contributed by atoms with Gasteiger partial charge in [-0.1, -0.05) is 40.9 Å². The summed E-state index contributed by atoms with van der Waals surface area (Å²) in [7, 11) is 0. The minimum atomic E-state index is -0.450. The van der Waals surface area contributed by atoms with Crippen LogP contribution in [0.15, 0.2) is 41.6 Å². The van der Waals surface area contributed by atoms with Crippen molar-refractivity contribution < 1.29 is 9.53 Å². The first-order valence-electron chi connectivity index (χ1n) is 6.06. The Morgan fingerprint density at radius 2 is 2.00 bits per heavy atom. The van der Waals surface area contributed by atoms with E-state index in [9.17, 15) is 4.79 Å². The molecule has 0 atom stereocenters. The van der Waals surface area contributed by atoms with Crippen molar-refractivity contribution in [2.45, 2.75) is 0 Å². The highest BCUT2D eigenvalue weighted by Gasteiger charge is 2.09. The molecule has 1 heterocycles. The van der Waals surface area contributed by atoms with Gasteiger partial charge in [0.2, 0.25) is 0 Å². The van der Waals surface area contributed by atoms with Crippen molar-refractivity contribution in [2.75, 3.05) is 6.61 Å². The Bertz CT molecular complexity index is 693. The molecule has 0 radical (unpaired) electrons. The quantitative estimate of drug-likeness (QED) is 0.505. The van der Waals surface area contributed by atoms with E-state index in [0.717, 1.165) is 0 Å². The van der Waals surface area contributed by atoms with E-state index < -0.39 is 5.91 Å². The Morgan fingerprint density at radius 1 is 1.23 bits per heavy atom. The summed E-state index contributed by atoms with van der Waals surface area (Å²) in [5.41, 5.74) is 2.93. The topological polar surface area (TPSA) is 63.6 Å². The highest BCUT2D eigenvalue weighted by molar-refractivity contribution is 6.43. The molecule has 0 unspecified atom stereocenters. The van der Waals surface area contributed by atoms with Gasteiger partial charge in [-0.15, -0.1) is 0 Å². The predicted octanol–water partition coefficient (Wildman–Crippen LogP) is 3.57. The maximum Gasteiger partial charge on any atom is 0.277 e. The number of rotatable bonds is 5. The highest BCUT2D eigenvalue weighted by Crippen LogP contribution is 2.33. The molecular weight excluding hydrogens is 349 g/mol. The second-order valence-corrected chi connectivity index (χ2v) is 5.25. The second kappa shape index (κ2) is 7.98. The lowest BCUT2D eigenvalue weighted by Gasteiger charge is -2.08. The lowest BCUT2D eigenvalue weighted by Crippen LogP contribution is -2.24. The van der Waals surface area contributed by atoms with E-state index in [2.05, 4.69) is 15.5 Å². The molecule has 114 valence electrons. The molecule has 5 nitrogen and oxygen atoms in total. The van der Waals surface area contributed by atoms with E-state index in [0.29, 0.717) is 10.7 Å². The van der Waals surface area contributed by atoms with Crippen LogP contribution in [0.2, 0.25) is 15.1 Å². The van der Waals surface area contributed by atoms with Crippen molar-refractivity contribution in [1.29, 1.82) is 0 Å². The Morgan fingerprint density at radius 3 is 2.73 bits per heavy atom. The Hall–Kier alpha value is -1.82. The zero-order valence-corrected chi connectivity index (χ0v) is 13.4. The van der Waals surface area contributed by atoms with Crippen LogP contribution in [0.25, 0.3) is 0 Å². The van der Waals surface area contributed by atoms with Crippen molar-refractivity contribution >= 4 is 46.9 Å². The fourth-order valence-electron chi connectivity index (χ4n) is 1.41. The van der Waals surface area contributed by atoms with Crippen molar-refractivity contribution in [3.8, 4) is 5.75 Å². The second-order valence-electron chi connectivity index (χ2n) is 4.03. The third-order valence-electron chi connectivity index (χ3n) is 2.41. The minimum Gasteiger partial charge on any atom is -0.482 e. The highest BCUT2D eigenvalue weighted by atomic mass is 35.5. The summed E-state index contributed by atoms with van der Waals surface area (Å²) >= 11 is 17.6. The lowest BCUT2D eigenvalue weighted by molar-refractivity contribution is -0.123. The molecule has 0 aliphatic carbocycles. The number of carbonyl (C=O) groups excluding carboxylic acids is 1. The number of ether oxygens (including phenoxy) is 1. The van der Waals surface area contributed by atoms with Crippen LogP contribution in [0.5, 0.6) is 5.75 Å². The molecule has 2 aromatic rings. The van der Waals surface area contributed by atoms with Gasteiger partial charge in [0.25, 0.3) is 5.91 Å². The number of nitrogens with one attached hydrogen (secondary N) is 1. The monoisotopic (exact) mass is 357 g/mol. The van der Waals surface area contributed by atoms with Crippen LogP contribution in [0.4, 0.5) is 0 Å². The summed E-state index contributed by atoms with van der Waals surface area (Å²) in [5.74, 6) is -0.186. The van der Waals surface area contributed by atoms with Crippen LogP contribution in [0, 0.1) is 0 Å². The fraction of sp³-hybridized carbons (Fsp3) is 0.0714. The molecule has 1 amide bonds. The largest absolute Gasteiger partial charge is 0.482 e. The molecule has 1 aromatic heterocycles. The number of hydrogen-bond acceptors (Lipinski definition) is 4. The van der Waals surface area contributed by atoms with Gasteiger partial charge in [0.05, 0.1) is 27.0 Å². The van der Waals surface area contributed by atoms with Gasteiger partial charge < -0.3 is 4.74 Å². The summed E-state index contributed by atoms with van der Waals surface area (Å²) < 4.78 is 5.26. The van der Waals surface area contributed by atoms with E-state index in [-0.39, 0.29) is 22.4 Å². The van der Waals surface area contributed by atoms with Crippen molar-refractivity contribution in [1.82, 2.24) is 10.4 Å². The van der Waals surface area contributed by atoms with Gasteiger partial charge in [-0.3, -0.25) is 9.78 Å². The summed E-state index contributed by atoms with van der Waals surface area (Å²) in [6.45, 7) is -0.267. The van der Waals surface area contributed by atoms with Crippen molar-refractivity contribution in [3.05, 3.63) is 57.3 Å². The summed E-state index contributed by atoms with van der Waals surface area (Å²) in [6, 6.07) is 8.23. The van der Waals surface area contributed by atoms with E-state index >= 15 is 0 Å². The number of carbonyl (C=O) groups is 1. The van der Waals surface area contributed by atoms with E-state index in [1.165, 1.54) is 18.3 Å². The van der Waals surface area contributed by atoms with Gasteiger partial charge in [0.1, 0.15) is 5.75 Å². The van der Waals surface area contributed by atoms with Crippen LogP contribution >= 0.6 is 34.8 Å². The number of halogens is 3. The lowest BCUT2D eigenvalue weighted by atomic mass is 10.3. The summed E-state index contributed by atoms with van der Waals surface area (Å²) in [6.07, 6.45) is 3.04. The van der Waals surface area contributed by atoms with Gasteiger partial charge in [-0.2, -0.15) is 5.10 Å². The van der Waals surface area contributed by atoms with Gasteiger partial charge in [0.15, 0.2) is 6.61 Å². The summed E-state index contributed by atoms with van der Waals surface area (Å²) in [4.78, 5) is 15.6. The zero-order valence-electron chi connectivity index (χ0n) is 11.1. The molecule has 0 saturated carbocycles. The Labute approximate surface area is 141 Å². The van der Waals surface area contributed by atoms with Crippen molar-refractivity contribution in [3.63, 3.8) is 0 Å². The average Bonchev–Trinajstić information content (AvgIpc) is 2.50. The van der Waals surface area contributed by atoms with E-state index in [1.807, 2.05) is 6.07 Å². The smallest absolute Gasteiger partial charge is 0.277 e. The number of benzene rings is 1. The molecule has 8 heteroatoms. The number of pyridine rings is 1. The van der Waals surface area contributed by atoms with Gasteiger partial charge in [-0.25, -0.2) is 5.43 Å². The van der Waals surface area contributed by atoms with Gasteiger partial charge in [-0.05, 0) is 18.2 Å². The first-order valence-corrected chi connectivity index (χ1v) is 7.20. The predicted molar refractivity (Wildman–Crippen MR) is 86.9 cm³/mol. The van der Waals surface area contributed by atoms with Crippen LogP contribution in [0.3, 0.4) is 0 Å². The Kier molecular flexibility index (Phi) is 6.00. The third kappa shape index (κ3) is 4.87. The maximum absolute atomic E-state index is 11.6. The average molecular weight is 359 g/mol. The molecular formula is C14H10Cl3N3O2. The van der Waals surface area contributed by atoms with Crippen LogP contribution < -0.4 is 10.2 Å². The third-order valence-corrected chi connectivity index (χ3v) is 3.42. The summed E-state index contributed by atoms with van der Waals surface area (Å²) in [5, 5.41) is 4.62. The molecule has 0 aliphatic rings. The first-order chi connectivity index (χ1) is 10.6. The fourth-order valence-corrected chi connectivity index (χ4v) is 2.00. The van der Waals surface area contributed by atoms with E-state index in [4.69, 9.17) is 39.5 Å². The van der Waals surface area contributed by atoms with Crippen LogP contribution in [-0.4, -0.2) is 23.7 Å². The van der Waals surface area contributed by atoms with Gasteiger partial charge in [0, 0.05) is 12.3 Å². The molecule has 2 rings (SSSR count). The number of hydrogen-bond donors (Lipinski definition) is 1. The number of amides is 1. The number of nitrogens with zero attached hydrogens (tertiary/aromatic N) is 2. The molecule has 1 N–H and O–H groups in total. The van der Waals surface area contributed by atoms with Crippen LogP contribution in [0.1, 0.15) is 5.69 Å². The molecule has 1 aromatic carbocycles. The van der Waals surface area contributed by atoms with E-state index in [1.54, 1.807) is 18.3 Å². The number of aromatic nitrogens is 1. The normalized spacial score (nSPS) is 10.7. The molecule has 0 fully saturated rings. The SMILES string of the molecule is O=C(COc1cc(Cl)c(Cl)cc1Cl)N/N=C/c1ccccn1. The molecule has 22 heavy (non-hydrogen) atoms. The maximum atomic E-state index is 11.6. The van der Waals surface area contributed by atoms with Gasteiger partial charge >= 0.3 is 0 Å². The van der Waals surface area contributed by atoms with Crippen LogP contribution in [-0.2, 0) is 4.79 Å². The minimum absolute atomic E-state index is 0.263. The van der Waals surface area contributed by atoms with Crippen molar-refractivity contribution in [2.24, 2.45) is 5.10 Å². The standard InChI is InChI=1S/C14H10Cl3N3O2/c15-10-5-12(17)13(6-11(10)16)22-8-14(21)20-19-7-9-3-1-2-4-18-9/h1-7H,8H2,(H,20,21)/b19-7+. The first kappa shape index (κ1) is 16.5. The Balaban J connectivity index is 1.86. The number of hydrazone groups is 1. The zero-order chi connectivity index (χ0) is 15.9. The molecule has 0 aliphatic heterocycles. The molecule has 0 bridgehead atoms. The molecule has 0 saturated heterocycles. The molecule has 0 spiro atoms.